The molecule has 152 valence electrons. The van der Waals surface area contributed by atoms with Gasteiger partial charge in [-0.1, -0.05) is 35.3 Å². The number of aryl methyl sites for hydroxylation is 1. The predicted molar refractivity (Wildman–Crippen MR) is 121 cm³/mol. The number of anilines is 1. The van der Waals surface area contributed by atoms with Crippen LogP contribution >= 0.6 is 23.2 Å². The highest BCUT2D eigenvalue weighted by molar-refractivity contribution is 6.35. The lowest BCUT2D eigenvalue weighted by atomic mass is 10.1. The number of imidazole rings is 1. The van der Waals surface area contributed by atoms with E-state index in [1.54, 1.807) is 18.2 Å². The van der Waals surface area contributed by atoms with Crippen molar-refractivity contribution >= 4 is 45.6 Å². The first-order valence-electron chi connectivity index (χ1n) is 9.25. The molecule has 8 heteroatoms. The molecule has 0 fully saturated rings. The second kappa shape index (κ2) is 7.97. The summed E-state index contributed by atoms with van der Waals surface area (Å²) in [6.45, 7) is 3.83. The molecule has 4 aromatic rings. The van der Waals surface area contributed by atoms with Crippen LogP contribution in [-0.2, 0) is 0 Å². The van der Waals surface area contributed by atoms with E-state index in [9.17, 15) is 0 Å². The smallest absolute Gasteiger partial charge is 0.157 e. The number of fused-ring (bicyclic) bond motifs is 1. The number of nitrogens with two attached hydrogens (primary N) is 1. The second-order valence-electron chi connectivity index (χ2n) is 6.96. The van der Waals surface area contributed by atoms with E-state index in [1.165, 1.54) is 12.4 Å². The van der Waals surface area contributed by atoms with Crippen LogP contribution < -0.4 is 10.5 Å². The van der Waals surface area contributed by atoms with E-state index in [2.05, 4.69) is 15.0 Å². The van der Waals surface area contributed by atoms with Crippen molar-refractivity contribution in [3.63, 3.8) is 0 Å². The topological polar surface area (TPSA) is 101 Å². The van der Waals surface area contributed by atoms with E-state index in [1.807, 2.05) is 32.0 Å². The van der Waals surface area contributed by atoms with Crippen LogP contribution in [0.4, 0.5) is 5.69 Å². The number of halogens is 2. The van der Waals surface area contributed by atoms with E-state index in [0.717, 1.165) is 16.6 Å². The van der Waals surface area contributed by atoms with Crippen LogP contribution in [-0.4, -0.2) is 20.7 Å². The molecule has 0 aliphatic rings. The molecule has 0 aliphatic heterocycles. The van der Waals surface area contributed by atoms with Crippen molar-refractivity contribution in [2.45, 2.75) is 20.0 Å². The van der Waals surface area contributed by atoms with Crippen LogP contribution in [0, 0.1) is 12.3 Å². The molecule has 1 atom stereocenters. The van der Waals surface area contributed by atoms with Crippen LogP contribution in [0.3, 0.4) is 0 Å². The van der Waals surface area contributed by atoms with Gasteiger partial charge < -0.3 is 15.5 Å². The molecule has 0 bridgehead atoms. The summed E-state index contributed by atoms with van der Waals surface area (Å²) in [5.74, 6) is 0.976. The third kappa shape index (κ3) is 3.72. The van der Waals surface area contributed by atoms with Gasteiger partial charge in [0.05, 0.1) is 21.1 Å². The summed E-state index contributed by atoms with van der Waals surface area (Å²) in [7, 11) is 0. The Balaban J connectivity index is 1.66. The SMILES string of the molecule is Cc1cccc2[nH]c(C(=N)c3cc(OC(C)c4c(Cl)cncc4Cl)ccc3N)nc12. The van der Waals surface area contributed by atoms with E-state index in [4.69, 9.17) is 39.1 Å². The number of benzene rings is 2. The molecule has 0 radical (unpaired) electrons. The fourth-order valence-electron chi connectivity index (χ4n) is 3.32. The van der Waals surface area contributed by atoms with Crippen molar-refractivity contribution in [2.75, 3.05) is 5.73 Å². The van der Waals surface area contributed by atoms with Gasteiger partial charge in [0.25, 0.3) is 0 Å². The summed E-state index contributed by atoms with van der Waals surface area (Å²) in [5, 5.41) is 9.50. The van der Waals surface area contributed by atoms with Gasteiger partial charge in [-0.25, -0.2) is 4.98 Å². The zero-order valence-electron chi connectivity index (χ0n) is 16.3. The highest BCUT2D eigenvalue weighted by Crippen LogP contribution is 2.33. The Morgan fingerprint density at radius 2 is 1.90 bits per heavy atom. The molecule has 0 aliphatic carbocycles. The molecule has 30 heavy (non-hydrogen) atoms. The van der Waals surface area contributed by atoms with Gasteiger partial charge >= 0.3 is 0 Å². The standard InChI is InChI=1S/C22H19Cl2N5O/c1-11-4-3-5-18-21(11)29-22(28-18)20(26)14-8-13(6-7-17(14)25)30-12(2)19-15(23)9-27-10-16(19)24/h3-10,12,26H,25H2,1-2H3,(H,28,29). The maximum atomic E-state index is 8.65. The molecule has 0 saturated carbocycles. The molecule has 0 saturated heterocycles. The Labute approximate surface area is 183 Å². The number of pyridine rings is 1. The number of aromatic amines is 1. The maximum absolute atomic E-state index is 8.65. The monoisotopic (exact) mass is 439 g/mol. The van der Waals surface area contributed by atoms with Gasteiger partial charge in [0.2, 0.25) is 0 Å². The van der Waals surface area contributed by atoms with E-state index < -0.39 is 6.10 Å². The van der Waals surface area contributed by atoms with Gasteiger partial charge in [0, 0.05) is 29.2 Å². The second-order valence-corrected chi connectivity index (χ2v) is 7.77. The first-order chi connectivity index (χ1) is 14.3. The molecule has 4 rings (SSSR count). The van der Waals surface area contributed by atoms with Crippen LogP contribution in [0.15, 0.2) is 48.8 Å². The third-order valence-corrected chi connectivity index (χ3v) is 5.46. The van der Waals surface area contributed by atoms with Gasteiger partial charge in [-0.15, -0.1) is 0 Å². The summed E-state index contributed by atoms with van der Waals surface area (Å²) >= 11 is 12.5. The molecule has 1 unspecified atom stereocenters. The largest absolute Gasteiger partial charge is 0.486 e. The number of aromatic nitrogens is 3. The van der Waals surface area contributed by atoms with E-state index in [-0.39, 0.29) is 5.71 Å². The van der Waals surface area contributed by atoms with E-state index >= 15 is 0 Å². The zero-order chi connectivity index (χ0) is 21.4. The number of hydrogen-bond acceptors (Lipinski definition) is 5. The number of para-hydroxylation sites is 1. The quantitative estimate of drug-likeness (QED) is 0.273. The fourth-order valence-corrected chi connectivity index (χ4v) is 3.99. The number of rotatable bonds is 5. The van der Waals surface area contributed by atoms with Crippen molar-refractivity contribution in [1.29, 1.82) is 5.41 Å². The summed E-state index contributed by atoms with van der Waals surface area (Å²) in [6.07, 6.45) is 2.62. The molecule has 4 N–H and O–H groups in total. The van der Waals surface area contributed by atoms with Crippen molar-refractivity contribution in [1.82, 2.24) is 15.0 Å². The number of nitrogens with one attached hydrogen (secondary N) is 2. The van der Waals surface area contributed by atoms with Crippen molar-refractivity contribution in [2.24, 2.45) is 0 Å². The number of hydrogen-bond donors (Lipinski definition) is 3. The average Bonchev–Trinajstić information content (AvgIpc) is 3.14. The van der Waals surface area contributed by atoms with E-state index in [0.29, 0.717) is 38.4 Å². The fraction of sp³-hybridized carbons (Fsp3) is 0.136. The highest BCUT2D eigenvalue weighted by Gasteiger charge is 2.18. The van der Waals surface area contributed by atoms with Crippen LogP contribution in [0.2, 0.25) is 10.0 Å². The minimum Gasteiger partial charge on any atom is -0.486 e. The molecular weight excluding hydrogens is 421 g/mol. The molecule has 0 spiro atoms. The molecule has 2 heterocycles. The summed E-state index contributed by atoms with van der Waals surface area (Å²) < 4.78 is 6.04. The lowest BCUT2D eigenvalue weighted by molar-refractivity contribution is 0.227. The Hall–Kier alpha value is -3.09. The van der Waals surface area contributed by atoms with Gasteiger partial charge in [-0.2, -0.15) is 0 Å². The first kappa shape index (κ1) is 20.2. The van der Waals surface area contributed by atoms with Crippen molar-refractivity contribution < 1.29 is 4.74 Å². The number of ether oxygens (including phenoxy) is 1. The number of H-pyrrole nitrogens is 1. The van der Waals surface area contributed by atoms with Crippen molar-refractivity contribution in [3.8, 4) is 5.75 Å². The van der Waals surface area contributed by atoms with Gasteiger partial charge in [-0.05, 0) is 43.7 Å². The van der Waals surface area contributed by atoms with Crippen LogP contribution in [0.25, 0.3) is 11.0 Å². The highest BCUT2D eigenvalue weighted by atomic mass is 35.5. The molecule has 0 amide bonds. The van der Waals surface area contributed by atoms with Crippen LogP contribution in [0.5, 0.6) is 5.75 Å². The summed E-state index contributed by atoms with van der Waals surface area (Å²) in [6, 6.07) is 11.0. The summed E-state index contributed by atoms with van der Waals surface area (Å²) in [5.41, 5.74) is 10.7. The lowest BCUT2D eigenvalue weighted by Crippen LogP contribution is -2.09. The Kier molecular flexibility index (Phi) is 5.37. The molecule has 2 aromatic carbocycles. The number of nitrogen functional groups attached to an aromatic ring is 1. The first-order valence-corrected chi connectivity index (χ1v) is 10.0. The Morgan fingerprint density at radius 3 is 2.60 bits per heavy atom. The Bertz CT molecular complexity index is 1250. The molecule has 6 nitrogen and oxygen atoms in total. The predicted octanol–water partition coefficient (Wildman–Crippen LogP) is 5.71. The average molecular weight is 440 g/mol. The zero-order valence-corrected chi connectivity index (χ0v) is 17.8. The normalized spacial score (nSPS) is 12.1. The maximum Gasteiger partial charge on any atom is 0.157 e. The summed E-state index contributed by atoms with van der Waals surface area (Å²) in [4.78, 5) is 11.7. The molecule has 2 aromatic heterocycles. The lowest BCUT2D eigenvalue weighted by Gasteiger charge is -2.18. The third-order valence-electron chi connectivity index (χ3n) is 4.86. The van der Waals surface area contributed by atoms with Gasteiger partial charge in [-0.3, -0.25) is 10.4 Å². The van der Waals surface area contributed by atoms with Crippen LogP contribution in [0.1, 0.15) is 35.5 Å². The minimum atomic E-state index is -0.424. The van der Waals surface area contributed by atoms with Gasteiger partial charge in [0.15, 0.2) is 5.82 Å². The van der Waals surface area contributed by atoms with Gasteiger partial charge in [0.1, 0.15) is 17.6 Å². The Morgan fingerprint density at radius 1 is 1.17 bits per heavy atom. The number of nitrogens with zero attached hydrogens (tertiary/aromatic N) is 2. The van der Waals surface area contributed by atoms with Crippen molar-refractivity contribution in [3.05, 3.63) is 81.4 Å². The molecular formula is C22H19Cl2N5O. The minimum absolute atomic E-state index is 0.182.